The van der Waals surface area contributed by atoms with Gasteiger partial charge in [0.2, 0.25) is 0 Å². The molecule has 2 N–H and O–H groups in total. The molecule has 3 aromatic heterocycles. The van der Waals surface area contributed by atoms with E-state index in [9.17, 15) is 17.2 Å². The molecule has 0 aliphatic rings. The number of anilines is 3. The first-order valence-corrected chi connectivity index (χ1v) is 12.9. The minimum Gasteiger partial charge on any atom is -0.333 e. The Balaban J connectivity index is 1.51. The van der Waals surface area contributed by atoms with Crippen LogP contribution < -0.4 is 10.0 Å². The van der Waals surface area contributed by atoms with Crippen molar-refractivity contribution in [3.8, 4) is 11.9 Å². The molecule has 0 atom stereocenters. The normalized spacial score (nSPS) is 11.6. The molecular formula is C26H17F3N8O2S. The number of hydrogen-bond acceptors (Lipinski definition) is 8. The van der Waals surface area contributed by atoms with Gasteiger partial charge in [-0.3, -0.25) is 9.29 Å². The number of sulfonamides is 1. The minimum atomic E-state index is -4.42. The van der Waals surface area contributed by atoms with E-state index >= 15 is 4.39 Å². The number of allylic oxidation sites excluding steroid dienone is 1. The maximum absolute atomic E-state index is 15.5. The summed E-state index contributed by atoms with van der Waals surface area (Å²) in [5.41, 5.74) is -0.418. The third kappa shape index (κ3) is 5.05. The van der Waals surface area contributed by atoms with Crippen molar-refractivity contribution >= 4 is 44.3 Å². The summed E-state index contributed by atoms with van der Waals surface area (Å²) in [7, 11) is -4.42. The summed E-state index contributed by atoms with van der Waals surface area (Å²) in [6, 6.07) is 10.4. The number of imidazole rings is 1. The van der Waals surface area contributed by atoms with Crippen LogP contribution in [0.3, 0.4) is 0 Å². The molecule has 0 saturated heterocycles. The van der Waals surface area contributed by atoms with Crippen molar-refractivity contribution in [2.24, 2.45) is 0 Å². The van der Waals surface area contributed by atoms with E-state index < -0.39 is 43.7 Å². The van der Waals surface area contributed by atoms with Crippen molar-refractivity contribution in [1.82, 2.24) is 24.5 Å². The van der Waals surface area contributed by atoms with Crippen LogP contribution in [0.25, 0.3) is 22.9 Å². The van der Waals surface area contributed by atoms with Gasteiger partial charge in [-0.15, -0.1) is 0 Å². The van der Waals surface area contributed by atoms with E-state index in [-0.39, 0.29) is 16.9 Å². The molecule has 5 rings (SSSR count). The SMILES string of the molecule is Cc1c(F)cccc1S(=O)(=O)Nc1ccc(F)c(Nc2ncnc3ccc(-n4cnc(C=CC#N)c4)nc23)c1F. The van der Waals surface area contributed by atoms with Crippen molar-refractivity contribution < 1.29 is 21.6 Å². The van der Waals surface area contributed by atoms with Crippen LogP contribution in [0.1, 0.15) is 11.3 Å². The van der Waals surface area contributed by atoms with Crippen LogP contribution in [0, 0.1) is 35.7 Å². The molecule has 0 unspecified atom stereocenters. The van der Waals surface area contributed by atoms with Gasteiger partial charge in [-0.1, -0.05) is 6.07 Å². The van der Waals surface area contributed by atoms with Gasteiger partial charge < -0.3 is 5.32 Å². The Hall–Kier alpha value is -5.29. The molecule has 10 nitrogen and oxygen atoms in total. The number of fused-ring (bicyclic) bond motifs is 1. The first-order chi connectivity index (χ1) is 19.2. The van der Waals surface area contributed by atoms with Gasteiger partial charge in [0.1, 0.15) is 41.3 Å². The number of nitrogens with zero attached hydrogens (tertiary/aromatic N) is 6. The lowest BCUT2D eigenvalue weighted by atomic mass is 10.2. The third-order valence-corrected chi connectivity index (χ3v) is 7.26. The van der Waals surface area contributed by atoms with Gasteiger partial charge in [-0.2, -0.15) is 5.26 Å². The zero-order chi connectivity index (χ0) is 28.4. The number of nitrogens with one attached hydrogen (secondary N) is 2. The third-order valence-electron chi connectivity index (χ3n) is 5.75. The maximum Gasteiger partial charge on any atom is 0.262 e. The van der Waals surface area contributed by atoms with Crippen LogP contribution in [0.15, 0.2) is 72.3 Å². The Kier molecular flexibility index (Phi) is 6.89. The van der Waals surface area contributed by atoms with Gasteiger partial charge in [0.05, 0.1) is 27.9 Å². The highest BCUT2D eigenvalue weighted by Gasteiger charge is 2.23. The monoisotopic (exact) mass is 562 g/mol. The van der Waals surface area contributed by atoms with Gasteiger partial charge in [0.25, 0.3) is 10.0 Å². The molecule has 14 heteroatoms. The number of rotatable bonds is 7. The predicted octanol–water partition coefficient (Wildman–Crippen LogP) is 5.02. The molecule has 5 aromatic rings. The van der Waals surface area contributed by atoms with E-state index in [4.69, 9.17) is 5.26 Å². The lowest BCUT2D eigenvalue weighted by Crippen LogP contribution is -2.16. The summed E-state index contributed by atoms with van der Waals surface area (Å²) in [6.07, 6.45) is 7.04. The summed E-state index contributed by atoms with van der Waals surface area (Å²) >= 11 is 0. The van der Waals surface area contributed by atoms with E-state index in [0.717, 1.165) is 18.2 Å². The molecule has 0 spiro atoms. The van der Waals surface area contributed by atoms with Crippen molar-refractivity contribution in [2.75, 3.05) is 10.0 Å². The molecule has 0 saturated carbocycles. The van der Waals surface area contributed by atoms with Crippen LogP contribution >= 0.6 is 0 Å². The largest absolute Gasteiger partial charge is 0.333 e. The average Bonchev–Trinajstić information content (AvgIpc) is 3.41. The topological polar surface area (TPSA) is 138 Å². The zero-order valence-corrected chi connectivity index (χ0v) is 21.3. The molecule has 0 radical (unpaired) electrons. The zero-order valence-electron chi connectivity index (χ0n) is 20.5. The first-order valence-electron chi connectivity index (χ1n) is 11.4. The van der Waals surface area contributed by atoms with E-state index in [0.29, 0.717) is 17.0 Å². The molecule has 2 aromatic carbocycles. The molecule has 0 fully saturated rings. The number of pyridine rings is 1. The van der Waals surface area contributed by atoms with Gasteiger partial charge in [0.15, 0.2) is 11.6 Å². The van der Waals surface area contributed by atoms with Crippen LogP contribution in [0.2, 0.25) is 0 Å². The Bertz CT molecular complexity index is 1950. The van der Waals surface area contributed by atoms with Gasteiger partial charge in [0, 0.05) is 17.8 Å². The van der Waals surface area contributed by atoms with Crippen molar-refractivity contribution in [3.63, 3.8) is 0 Å². The summed E-state index contributed by atoms with van der Waals surface area (Å²) < 4.78 is 73.6. The van der Waals surface area contributed by atoms with E-state index in [1.165, 1.54) is 43.9 Å². The molecular weight excluding hydrogens is 545 g/mol. The number of benzene rings is 2. The molecule has 0 aliphatic carbocycles. The summed E-state index contributed by atoms with van der Waals surface area (Å²) in [5, 5.41) is 11.3. The van der Waals surface area contributed by atoms with Crippen LogP contribution in [0.4, 0.5) is 30.4 Å². The summed E-state index contributed by atoms with van der Waals surface area (Å²) in [5.74, 6) is -2.73. The number of hydrogen-bond donors (Lipinski definition) is 2. The molecule has 40 heavy (non-hydrogen) atoms. The average molecular weight is 563 g/mol. The number of nitriles is 1. The summed E-state index contributed by atoms with van der Waals surface area (Å²) in [6.45, 7) is 1.27. The molecule has 0 bridgehead atoms. The fourth-order valence-electron chi connectivity index (χ4n) is 3.78. The molecule has 200 valence electrons. The maximum atomic E-state index is 15.5. The second-order valence-corrected chi connectivity index (χ2v) is 9.96. The molecule has 0 amide bonds. The standard InChI is InChI=1S/C26H17F3N8O2S/c1-15-17(27)5-2-6-21(15)40(38,39)36-19-8-7-18(28)24(23(19)29)35-26-25-20(31-13-32-26)9-10-22(34-25)37-12-16(33-14-37)4-3-11-30/h2-10,12-14,36H,1H3,(H,31,32,35). The molecule has 0 aliphatic heterocycles. The second kappa shape index (κ2) is 10.5. The number of aromatic nitrogens is 5. The summed E-state index contributed by atoms with van der Waals surface area (Å²) in [4.78, 5) is 16.4. The van der Waals surface area contributed by atoms with E-state index in [1.807, 2.05) is 10.8 Å². The van der Waals surface area contributed by atoms with Crippen molar-refractivity contribution in [3.05, 3.63) is 96.1 Å². The first kappa shape index (κ1) is 26.3. The van der Waals surface area contributed by atoms with Crippen molar-refractivity contribution in [1.29, 1.82) is 5.26 Å². The van der Waals surface area contributed by atoms with Crippen LogP contribution in [0.5, 0.6) is 0 Å². The van der Waals surface area contributed by atoms with Gasteiger partial charge in [-0.25, -0.2) is 41.5 Å². The van der Waals surface area contributed by atoms with E-state index in [2.05, 4.69) is 25.3 Å². The lowest BCUT2D eigenvalue weighted by Gasteiger charge is -2.15. The van der Waals surface area contributed by atoms with Gasteiger partial charge >= 0.3 is 0 Å². The second-order valence-electron chi connectivity index (χ2n) is 8.31. The number of halogens is 3. The highest BCUT2D eigenvalue weighted by atomic mass is 32.2. The Labute approximate surface area is 225 Å². The highest BCUT2D eigenvalue weighted by molar-refractivity contribution is 7.92. The van der Waals surface area contributed by atoms with Gasteiger partial charge in [-0.05, 0) is 49.4 Å². The molecule has 3 heterocycles. The highest BCUT2D eigenvalue weighted by Crippen LogP contribution is 2.32. The minimum absolute atomic E-state index is 0.0599. The van der Waals surface area contributed by atoms with Crippen LogP contribution in [-0.2, 0) is 10.0 Å². The smallest absolute Gasteiger partial charge is 0.262 e. The fourth-order valence-corrected chi connectivity index (χ4v) is 5.10. The Morgan fingerprint density at radius 2 is 1.85 bits per heavy atom. The fraction of sp³-hybridized carbons (Fsp3) is 0.0385. The van der Waals surface area contributed by atoms with Crippen molar-refractivity contribution in [2.45, 2.75) is 11.8 Å². The Morgan fingerprint density at radius 3 is 2.65 bits per heavy atom. The Morgan fingerprint density at radius 1 is 1.02 bits per heavy atom. The van der Waals surface area contributed by atoms with Crippen LogP contribution in [-0.4, -0.2) is 32.9 Å². The predicted molar refractivity (Wildman–Crippen MR) is 141 cm³/mol. The quantitative estimate of drug-likeness (QED) is 0.264. The van der Waals surface area contributed by atoms with E-state index in [1.54, 1.807) is 22.9 Å². The lowest BCUT2D eigenvalue weighted by molar-refractivity contribution is 0.585.